The van der Waals surface area contributed by atoms with Crippen LogP contribution in [0.25, 0.3) is 0 Å². The Morgan fingerprint density at radius 1 is 0.880 bits per heavy atom. The monoisotopic (exact) mass is 420 g/mol. The van der Waals surface area contributed by atoms with Gasteiger partial charge in [0.2, 0.25) is 8.32 Å². The highest BCUT2D eigenvalue weighted by molar-refractivity contribution is 6.89. The van der Waals surface area contributed by atoms with Crippen molar-refractivity contribution in [2.75, 3.05) is 6.54 Å². The topological polar surface area (TPSA) is 41.6 Å². The van der Waals surface area contributed by atoms with Crippen LogP contribution in [0.3, 0.4) is 0 Å². The third kappa shape index (κ3) is 11.5. The number of nitrogens with zero attached hydrogens (tertiary/aromatic N) is 1. The Morgan fingerprint density at radius 2 is 1.32 bits per heavy atom. The molecule has 0 bridgehead atoms. The fourth-order valence-corrected chi connectivity index (χ4v) is 15.0. The van der Waals surface area contributed by atoms with Gasteiger partial charge in [0, 0.05) is 0 Å². The first kappa shape index (κ1) is 25.3. The minimum absolute atomic E-state index is 0.0332. The van der Waals surface area contributed by atoms with Crippen molar-refractivity contribution in [2.45, 2.75) is 97.4 Å². The van der Waals surface area contributed by atoms with Gasteiger partial charge in [0.25, 0.3) is 0 Å². The summed E-state index contributed by atoms with van der Waals surface area (Å²) >= 11 is 0. The molecule has 0 aromatic carbocycles. The Labute approximate surface area is 161 Å². The molecule has 0 saturated heterocycles. The van der Waals surface area contributed by atoms with Crippen molar-refractivity contribution >= 4 is 39.0 Å². The summed E-state index contributed by atoms with van der Waals surface area (Å²) in [5.41, 5.74) is 0. The molecule has 0 aromatic heterocycles. The zero-order valence-electron chi connectivity index (χ0n) is 19.0. The summed E-state index contributed by atoms with van der Waals surface area (Å²) < 4.78 is 8.60. The number of nitrogens with one attached hydrogen (secondary N) is 1. The van der Waals surface area contributed by atoms with Crippen molar-refractivity contribution in [3.8, 4) is 0 Å². The molecule has 0 saturated carbocycles. The lowest BCUT2D eigenvalue weighted by molar-refractivity contribution is -0.137. The average molecular weight is 421 g/mol. The van der Waals surface area contributed by atoms with Gasteiger partial charge in [-0.15, -0.1) is 0 Å². The Hall–Kier alpha value is 0.258. The van der Waals surface area contributed by atoms with E-state index in [2.05, 4.69) is 87.8 Å². The van der Waals surface area contributed by atoms with E-state index in [4.69, 9.17) is 4.43 Å². The molecule has 1 atom stereocenters. The fourth-order valence-electron chi connectivity index (χ4n) is 3.28. The van der Waals surface area contributed by atoms with Crippen molar-refractivity contribution in [1.29, 1.82) is 0 Å². The van der Waals surface area contributed by atoms with E-state index >= 15 is 0 Å². The molecule has 0 radical (unpaired) electrons. The molecule has 0 spiro atoms. The lowest BCUT2D eigenvalue weighted by Crippen LogP contribution is -2.59. The van der Waals surface area contributed by atoms with Crippen molar-refractivity contribution < 1.29 is 9.22 Å². The third-order valence-corrected chi connectivity index (χ3v) is 13.5. The van der Waals surface area contributed by atoms with Crippen LogP contribution in [-0.2, 0) is 9.22 Å². The first-order chi connectivity index (χ1) is 10.8. The maximum atomic E-state index is 12.7. The van der Waals surface area contributed by atoms with Gasteiger partial charge in [0.05, 0.1) is 6.04 Å². The van der Waals surface area contributed by atoms with E-state index in [0.29, 0.717) is 0 Å². The van der Waals surface area contributed by atoms with Gasteiger partial charge >= 0.3 is 5.97 Å². The summed E-state index contributed by atoms with van der Waals surface area (Å²) in [6, 6.07) is -0.150. The predicted octanol–water partition coefficient (Wildman–Crippen LogP) is 4.91. The largest absolute Gasteiger partial charge is 0.519 e. The lowest BCUT2D eigenvalue weighted by Gasteiger charge is -2.44. The Morgan fingerprint density at radius 3 is 1.64 bits per heavy atom. The maximum Gasteiger partial charge on any atom is 0.309 e. The third-order valence-electron chi connectivity index (χ3n) is 3.79. The van der Waals surface area contributed by atoms with E-state index in [1.54, 1.807) is 0 Å². The molecule has 0 heterocycles. The number of hydrogen-bond donors (Lipinski definition) is 1. The van der Waals surface area contributed by atoms with E-state index in [-0.39, 0.29) is 12.0 Å². The highest BCUT2D eigenvalue weighted by atomic mass is 28.4. The molecular formula is C17H44N2O2Si4. The summed E-state index contributed by atoms with van der Waals surface area (Å²) in [5, 5.41) is 0. The van der Waals surface area contributed by atoms with Crippen LogP contribution in [0.4, 0.5) is 0 Å². The normalized spacial score (nSPS) is 15.4. The van der Waals surface area contributed by atoms with Gasteiger partial charge in [0.1, 0.15) is 24.7 Å². The van der Waals surface area contributed by atoms with Gasteiger partial charge < -0.3 is 13.6 Å². The van der Waals surface area contributed by atoms with Crippen LogP contribution in [0.5, 0.6) is 0 Å². The van der Waals surface area contributed by atoms with Crippen LogP contribution >= 0.6 is 0 Å². The summed E-state index contributed by atoms with van der Waals surface area (Å²) in [6.07, 6.45) is 1.93. The van der Waals surface area contributed by atoms with Gasteiger partial charge in [-0.2, -0.15) is 0 Å². The second kappa shape index (κ2) is 8.96. The number of carbonyl (C=O) groups is 1. The molecule has 150 valence electrons. The van der Waals surface area contributed by atoms with Gasteiger partial charge in [-0.1, -0.05) is 58.9 Å². The van der Waals surface area contributed by atoms with Crippen LogP contribution in [0, 0.1) is 0 Å². The second-order valence-corrected chi connectivity index (χ2v) is 30.5. The van der Waals surface area contributed by atoms with Crippen LogP contribution in [0.15, 0.2) is 0 Å². The molecule has 0 aromatic rings. The molecule has 25 heavy (non-hydrogen) atoms. The number of carbonyl (C=O) groups excluding carboxylic acids is 1. The Bertz CT molecular complexity index is 418. The molecule has 4 nitrogen and oxygen atoms in total. The Balaban J connectivity index is 5.00. The fraction of sp³-hybridized carbons (Fsp3) is 0.941. The zero-order valence-corrected chi connectivity index (χ0v) is 23.0. The first-order valence-electron chi connectivity index (χ1n) is 9.61. The first-order valence-corrected chi connectivity index (χ1v) is 23.4. The predicted molar refractivity (Wildman–Crippen MR) is 122 cm³/mol. The molecular weight excluding hydrogens is 377 g/mol. The van der Waals surface area contributed by atoms with E-state index in [1.807, 2.05) is 0 Å². The summed E-state index contributed by atoms with van der Waals surface area (Å²) in [7, 11) is -6.06. The molecule has 0 aliphatic carbocycles. The summed E-state index contributed by atoms with van der Waals surface area (Å²) in [4.78, 5) is 16.3. The molecule has 8 heteroatoms. The highest BCUT2D eigenvalue weighted by Crippen LogP contribution is 2.21. The van der Waals surface area contributed by atoms with Crippen molar-refractivity contribution in [2.24, 2.45) is 0 Å². The summed E-state index contributed by atoms with van der Waals surface area (Å²) in [6.45, 7) is 28.7. The highest BCUT2D eigenvalue weighted by Gasteiger charge is 2.35. The SMILES string of the molecule is C[Si](C)(C)N[C@@H](CCCN([Si](C)(C)C)[Si](C)(C)C)C(=O)O[Si](C)(C)C. The number of hydrogen-bond acceptors (Lipinski definition) is 4. The van der Waals surface area contributed by atoms with Crippen LogP contribution in [-0.4, -0.2) is 55.8 Å². The van der Waals surface area contributed by atoms with E-state index < -0.39 is 33.0 Å². The summed E-state index contributed by atoms with van der Waals surface area (Å²) in [5.74, 6) is -0.0332. The standard InChI is InChI=1S/C17H44N2O2Si4/c1-22(2,3)18-16(17(20)21-25(10,11)12)14-13-15-19(23(4,5)6)24(7,8)9/h16,18H,13-15H2,1-12H3/t16-/m0/s1. The van der Waals surface area contributed by atoms with Crippen molar-refractivity contribution in [3.63, 3.8) is 0 Å². The quantitative estimate of drug-likeness (QED) is 0.510. The maximum absolute atomic E-state index is 12.7. The molecule has 0 aliphatic rings. The molecule has 0 aliphatic heterocycles. The van der Waals surface area contributed by atoms with Crippen molar-refractivity contribution in [3.05, 3.63) is 0 Å². The van der Waals surface area contributed by atoms with E-state index in [9.17, 15) is 4.79 Å². The number of rotatable bonds is 10. The lowest BCUT2D eigenvalue weighted by atomic mass is 10.2. The van der Waals surface area contributed by atoms with E-state index in [0.717, 1.165) is 19.4 Å². The minimum atomic E-state index is -1.85. The molecule has 0 unspecified atom stereocenters. The van der Waals surface area contributed by atoms with Gasteiger partial charge in [-0.25, -0.2) is 0 Å². The minimum Gasteiger partial charge on any atom is -0.519 e. The smallest absolute Gasteiger partial charge is 0.309 e. The van der Waals surface area contributed by atoms with Crippen LogP contribution < -0.4 is 4.98 Å². The van der Waals surface area contributed by atoms with Gasteiger partial charge in [-0.3, -0.25) is 4.79 Å². The molecule has 0 fully saturated rings. The molecule has 0 rings (SSSR count). The van der Waals surface area contributed by atoms with Gasteiger partial charge in [-0.05, 0) is 39.0 Å². The molecule has 1 N–H and O–H groups in total. The van der Waals surface area contributed by atoms with Crippen LogP contribution in [0.2, 0.25) is 78.6 Å². The second-order valence-electron chi connectivity index (χ2n) is 11.1. The van der Waals surface area contributed by atoms with E-state index in [1.165, 1.54) is 0 Å². The molecule has 0 amide bonds. The van der Waals surface area contributed by atoms with Crippen molar-refractivity contribution in [1.82, 2.24) is 9.21 Å². The van der Waals surface area contributed by atoms with Crippen LogP contribution in [0.1, 0.15) is 12.8 Å². The Kier molecular flexibility index (Phi) is 9.06. The average Bonchev–Trinajstić information content (AvgIpc) is 2.25. The van der Waals surface area contributed by atoms with Gasteiger partial charge in [0.15, 0.2) is 0 Å². The zero-order chi connectivity index (χ0) is 20.3.